The highest BCUT2D eigenvalue weighted by molar-refractivity contribution is 5.81. The topological polar surface area (TPSA) is 72.8 Å². The maximum Gasteiger partial charge on any atom is 0.330 e. The number of ether oxygens (including phenoxy) is 2. The summed E-state index contributed by atoms with van der Waals surface area (Å²) in [4.78, 5) is 20.3. The maximum absolute atomic E-state index is 10.3. The second-order valence-corrected chi connectivity index (χ2v) is 2.64. The van der Waals surface area contributed by atoms with Gasteiger partial charge in [-0.05, 0) is 13.8 Å². The van der Waals surface area contributed by atoms with Crippen LogP contribution >= 0.6 is 0 Å². The second kappa shape index (κ2) is 11.5. The van der Waals surface area contributed by atoms with Gasteiger partial charge in [-0.1, -0.05) is 13.2 Å². The van der Waals surface area contributed by atoms with Gasteiger partial charge in [0.2, 0.25) is 0 Å². The summed E-state index contributed by atoms with van der Waals surface area (Å²) < 4.78 is 8.88. The summed E-state index contributed by atoms with van der Waals surface area (Å²) in [7, 11) is 0. The van der Waals surface area contributed by atoms with Gasteiger partial charge in [0.05, 0.1) is 12.7 Å². The summed E-state index contributed by atoms with van der Waals surface area (Å²) >= 11 is 0. The van der Waals surface area contributed by atoms with E-state index in [1.165, 1.54) is 6.92 Å². The van der Waals surface area contributed by atoms with E-state index in [1.807, 2.05) is 0 Å². The van der Waals surface area contributed by atoms with Crippen LogP contribution in [0.15, 0.2) is 25.3 Å². The van der Waals surface area contributed by atoms with E-state index in [1.54, 1.807) is 6.92 Å². The number of rotatable bonds is 5. The summed E-state index contributed by atoms with van der Waals surface area (Å²) in [5.41, 5.74) is 0. The van der Waals surface area contributed by atoms with Gasteiger partial charge < -0.3 is 14.6 Å². The molecule has 16 heavy (non-hydrogen) atoms. The zero-order chi connectivity index (χ0) is 13.0. The number of esters is 2. The smallest absolute Gasteiger partial charge is 0.330 e. The molecule has 5 heteroatoms. The Morgan fingerprint density at radius 2 is 1.69 bits per heavy atom. The van der Waals surface area contributed by atoms with E-state index in [-0.39, 0.29) is 12.6 Å². The van der Waals surface area contributed by atoms with Gasteiger partial charge >= 0.3 is 11.9 Å². The van der Waals surface area contributed by atoms with E-state index in [0.29, 0.717) is 6.61 Å². The maximum atomic E-state index is 10.3. The van der Waals surface area contributed by atoms with Crippen LogP contribution in [0.2, 0.25) is 0 Å². The zero-order valence-corrected chi connectivity index (χ0v) is 9.64. The van der Waals surface area contributed by atoms with Gasteiger partial charge in [0.25, 0.3) is 0 Å². The SMILES string of the molecule is C=CC(=O)OCC.C=CC(=O)OCC(C)O. The molecule has 0 aromatic carbocycles. The number of hydrogen-bond acceptors (Lipinski definition) is 5. The van der Waals surface area contributed by atoms with Crippen LogP contribution in [0.1, 0.15) is 13.8 Å². The van der Waals surface area contributed by atoms with Crippen LogP contribution in [0.25, 0.3) is 0 Å². The van der Waals surface area contributed by atoms with Crippen LogP contribution in [-0.4, -0.2) is 36.4 Å². The molecular formula is C11H18O5. The molecule has 0 spiro atoms. The molecule has 5 nitrogen and oxygen atoms in total. The summed E-state index contributed by atoms with van der Waals surface area (Å²) in [6.45, 7) is 10.1. The van der Waals surface area contributed by atoms with Crippen LogP contribution in [0.3, 0.4) is 0 Å². The molecule has 0 aliphatic rings. The quantitative estimate of drug-likeness (QED) is 0.559. The van der Waals surface area contributed by atoms with Crippen molar-refractivity contribution in [3.8, 4) is 0 Å². The number of aliphatic hydroxyl groups excluding tert-OH is 1. The van der Waals surface area contributed by atoms with Crippen LogP contribution in [0.5, 0.6) is 0 Å². The molecule has 0 rings (SSSR count). The Bertz CT molecular complexity index is 233. The number of hydrogen-bond donors (Lipinski definition) is 1. The van der Waals surface area contributed by atoms with E-state index in [9.17, 15) is 9.59 Å². The third-order valence-corrected chi connectivity index (χ3v) is 1.09. The van der Waals surface area contributed by atoms with Crippen molar-refractivity contribution >= 4 is 11.9 Å². The summed E-state index contributed by atoms with van der Waals surface area (Å²) in [5, 5.41) is 8.59. The first-order valence-corrected chi connectivity index (χ1v) is 4.74. The van der Waals surface area contributed by atoms with Crippen molar-refractivity contribution in [2.45, 2.75) is 20.0 Å². The summed E-state index contributed by atoms with van der Waals surface area (Å²) in [6.07, 6.45) is 1.60. The molecule has 1 atom stereocenters. The molecule has 0 aromatic heterocycles. The predicted octanol–water partition coefficient (Wildman–Crippen LogP) is 0.832. The van der Waals surface area contributed by atoms with Crippen molar-refractivity contribution in [3.05, 3.63) is 25.3 Å². The van der Waals surface area contributed by atoms with Crippen LogP contribution in [-0.2, 0) is 19.1 Å². The fraction of sp³-hybridized carbons (Fsp3) is 0.455. The van der Waals surface area contributed by atoms with Gasteiger partial charge in [-0.2, -0.15) is 0 Å². The molecule has 0 saturated carbocycles. The lowest BCUT2D eigenvalue weighted by Crippen LogP contribution is -2.13. The van der Waals surface area contributed by atoms with Crippen molar-refractivity contribution < 1.29 is 24.2 Å². The first-order chi connectivity index (χ1) is 7.47. The average Bonchev–Trinajstić information content (AvgIpc) is 2.26. The van der Waals surface area contributed by atoms with Crippen LogP contribution in [0.4, 0.5) is 0 Å². The molecule has 0 amide bonds. The van der Waals surface area contributed by atoms with Gasteiger partial charge in [0, 0.05) is 12.2 Å². The first-order valence-electron chi connectivity index (χ1n) is 4.74. The lowest BCUT2D eigenvalue weighted by Gasteiger charge is -2.02. The van der Waals surface area contributed by atoms with Crippen molar-refractivity contribution in [1.29, 1.82) is 0 Å². The third kappa shape index (κ3) is 14.9. The molecule has 0 fully saturated rings. The predicted molar refractivity (Wildman–Crippen MR) is 59.7 cm³/mol. The minimum Gasteiger partial charge on any atom is -0.463 e. The molecule has 0 radical (unpaired) electrons. The van der Waals surface area contributed by atoms with Crippen LogP contribution < -0.4 is 0 Å². The largest absolute Gasteiger partial charge is 0.463 e. The van der Waals surface area contributed by atoms with Crippen molar-refractivity contribution in [2.24, 2.45) is 0 Å². The number of carbonyl (C=O) groups is 2. The number of aliphatic hydroxyl groups is 1. The molecule has 0 heterocycles. The van der Waals surface area contributed by atoms with Gasteiger partial charge in [-0.15, -0.1) is 0 Å². The highest BCUT2D eigenvalue weighted by atomic mass is 16.5. The van der Waals surface area contributed by atoms with Crippen molar-refractivity contribution in [2.75, 3.05) is 13.2 Å². The van der Waals surface area contributed by atoms with Gasteiger partial charge in [0.1, 0.15) is 6.61 Å². The molecule has 0 bridgehead atoms. The highest BCUT2D eigenvalue weighted by Gasteiger charge is 1.98. The fourth-order valence-corrected chi connectivity index (χ4v) is 0.463. The second-order valence-electron chi connectivity index (χ2n) is 2.64. The minimum atomic E-state index is -0.603. The molecule has 1 N–H and O–H groups in total. The lowest BCUT2D eigenvalue weighted by molar-refractivity contribution is -0.140. The Morgan fingerprint density at radius 3 is 1.94 bits per heavy atom. The minimum absolute atomic E-state index is 0.0326. The molecule has 92 valence electrons. The highest BCUT2D eigenvalue weighted by Crippen LogP contribution is 1.83. The Kier molecular flexibility index (Phi) is 12.0. The van der Waals surface area contributed by atoms with E-state index in [0.717, 1.165) is 12.2 Å². The average molecular weight is 230 g/mol. The molecule has 0 saturated heterocycles. The summed E-state index contributed by atoms with van der Waals surface area (Å²) in [6, 6.07) is 0. The van der Waals surface area contributed by atoms with Gasteiger partial charge in [-0.3, -0.25) is 0 Å². The summed E-state index contributed by atoms with van der Waals surface area (Å²) in [5.74, 6) is -0.863. The monoisotopic (exact) mass is 230 g/mol. The number of carbonyl (C=O) groups excluding carboxylic acids is 2. The van der Waals surface area contributed by atoms with Crippen molar-refractivity contribution in [3.63, 3.8) is 0 Å². The van der Waals surface area contributed by atoms with E-state index >= 15 is 0 Å². The fourth-order valence-electron chi connectivity index (χ4n) is 0.463. The lowest BCUT2D eigenvalue weighted by atomic mass is 10.4. The van der Waals surface area contributed by atoms with Crippen molar-refractivity contribution in [1.82, 2.24) is 0 Å². The van der Waals surface area contributed by atoms with E-state index in [4.69, 9.17) is 5.11 Å². The molecule has 1 unspecified atom stereocenters. The van der Waals surface area contributed by atoms with Gasteiger partial charge in [0.15, 0.2) is 0 Å². The Hall–Kier alpha value is -1.62. The first kappa shape index (κ1) is 16.8. The zero-order valence-electron chi connectivity index (χ0n) is 9.64. The van der Waals surface area contributed by atoms with Gasteiger partial charge in [-0.25, -0.2) is 9.59 Å². The Morgan fingerprint density at radius 1 is 1.25 bits per heavy atom. The van der Waals surface area contributed by atoms with E-state index < -0.39 is 12.1 Å². The van der Waals surface area contributed by atoms with E-state index in [2.05, 4.69) is 22.6 Å². The molecular weight excluding hydrogens is 212 g/mol. The third-order valence-electron chi connectivity index (χ3n) is 1.09. The normalized spacial score (nSPS) is 10.2. The van der Waals surface area contributed by atoms with Crippen LogP contribution in [0, 0.1) is 0 Å². The Balaban J connectivity index is 0. The molecule has 0 aromatic rings. The standard InChI is InChI=1S/C6H10O3.C5H8O2/c1-3-6(8)9-4-5(2)7;1-3-5(6)7-4-2/h3,5,7H,1,4H2,2H3;3H,1,4H2,2H3. The Labute approximate surface area is 95.4 Å². The molecule has 0 aliphatic heterocycles. The molecule has 0 aliphatic carbocycles.